The average molecular weight is 255 g/mol. The first-order chi connectivity index (χ1) is 8.76. The summed E-state index contributed by atoms with van der Waals surface area (Å²) in [6, 6.07) is 0.426. The minimum Gasteiger partial charge on any atom is -0.381 e. The first-order valence-electron chi connectivity index (χ1n) is 6.70. The molecule has 6 heteroatoms. The molecule has 2 fully saturated rings. The van der Waals surface area contributed by atoms with E-state index in [9.17, 15) is 0 Å². The zero-order chi connectivity index (χ0) is 12.4. The van der Waals surface area contributed by atoms with Crippen molar-refractivity contribution in [2.24, 2.45) is 4.99 Å². The van der Waals surface area contributed by atoms with E-state index in [2.05, 4.69) is 22.5 Å². The lowest BCUT2D eigenvalue weighted by molar-refractivity contribution is -0.210. The molecule has 2 atom stereocenters. The Kier molecular flexibility index (Phi) is 3.41. The van der Waals surface area contributed by atoms with Crippen molar-refractivity contribution >= 4 is 5.96 Å². The van der Waals surface area contributed by atoms with Gasteiger partial charge in [-0.2, -0.15) is 0 Å². The fourth-order valence-corrected chi connectivity index (χ4v) is 2.53. The van der Waals surface area contributed by atoms with Crippen LogP contribution in [0, 0.1) is 0 Å². The van der Waals surface area contributed by atoms with Crippen LogP contribution in [0.25, 0.3) is 0 Å². The average Bonchev–Trinajstić information content (AvgIpc) is 2.96. The van der Waals surface area contributed by atoms with Crippen molar-refractivity contribution in [3.05, 3.63) is 0 Å². The Hall–Kier alpha value is -0.850. The first kappa shape index (κ1) is 12.2. The highest BCUT2D eigenvalue weighted by Gasteiger charge is 2.42. The molecule has 0 aromatic rings. The number of guanidine groups is 1. The Labute approximate surface area is 107 Å². The monoisotopic (exact) mass is 255 g/mol. The van der Waals surface area contributed by atoms with E-state index in [4.69, 9.17) is 14.2 Å². The first-order valence-corrected chi connectivity index (χ1v) is 6.70. The molecule has 3 aliphatic heterocycles. The van der Waals surface area contributed by atoms with Gasteiger partial charge >= 0.3 is 0 Å². The van der Waals surface area contributed by atoms with Crippen LogP contribution in [0.3, 0.4) is 0 Å². The summed E-state index contributed by atoms with van der Waals surface area (Å²) >= 11 is 0. The Morgan fingerprint density at radius 3 is 3.00 bits per heavy atom. The standard InChI is InChI=1S/C12H21N3O3/c1-9-6-13-11(15-9)14-7-10-8-17-12(18-10)2-4-16-5-3-12/h9-10H,2-8H2,1H3,(H2,13,14,15). The molecule has 0 saturated carbocycles. The number of ether oxygens (including phenoxy) is 3. The SMILES string of the molecule is CC1CN=C(NCC2COC3(CCOCC3)O2)N1. The van der Waals surface area contributed by atoms with Gasteiger partial charge in [-0.15, -0.1) is 0 Å². The van der Waals surface area contributed by atoms with Crippen molar-refractivity contribution in [1.82, 2.24) is 10.6 Å². The highest BCUT2D eigenvalue weighted by molar-refractivity contribution is 5.81. The van der Waals surface area contributed by atoms with Crippen molar-refractivity contribution in [1.29, 1.82) is 0 Å². The highest BCUT2D eigenvalue weighted by Crippen LogP contribution is 2.32. The van der Waals surface area contributed by atoms with Gasteiger partial charge < -0.3 is 24.8 Å². The molecule has 0 bridgehead atoms. The van der Waals surface area contributed by atoms with Gasteiger partial charge in [-0.1, -0.05) is 0 Å². The van der Waals surface area contributed by atoms with Gasteiger partial charge in [0.15, 0.2) is 11.7 Å². The van der Waals surface area contributed by atoms with Gasteiger partial charge in [0, 0.05) is 25.4 Å². The van der Waals surface area contributed by atoms with Gasteiger partial charge in [0.2, 0.25) is 0 Å². The Morgan fingerprint density at radius 1 is 1.44 bits per heavy atom. The molecule has 6 nitrogen and oxygen atoms in total. The Balaban J connectivity index is 1.45. The molecule has 0 aromatic carbocycles. The molecule has 3 heterocycles. The Morgan fingerprint density at radius 2 is 2.28 bits per heavy atom. The number of hydrogen-bond acceptors (Lipinski definition) is 6. The minimum atomic E-state index is -0.386. The minimum absolute atomic E-state index is 0.100. The van der Waals surface area contributed by atoms with Crippen LogP contribution >= 0.6 is 0 Å². The zero-order valence-electron chi connectivity index (χ0n) is 10.8. The molecule has 3 aliphatic rings. The lowest BCUT2D eigenvalue weighted by atomic mass is 10.1. The second-order valence-electron chi connectivity index (χ2n) is 5.19. The van der Waals surface area contributed by atoms with Crippen LogP contribution in [0.2, 0.25) is 0 Å². The summed E-state index contributed by atoms with van der Waals surface area (Å²) in [5.74, 6) is 0.488. The van der Waals surface area contributed by atoms with E-state index in [0.717, 1.165) is 45.1 Å². The van der Waals surface area contributed by atoms with Crippen LogP contribution in [0.5, 0.6) is 0 Å². The molecule has 2 saturated heterocycles. The summed E-state index contributed by atoms with van der Waals surface area (Å²) in [6.45, 7) is 5.80. The summed E-state index contributed by atoms with van der Waals surface area (Å²) in [4.78, 5) is 4.36. The number of nitrogens with zero attached hydrogens (tertiary/aromatic N) is 1. The lowest BCUT2D eigenvalue weighted by Crippen LogP contribution is -2.43. The van der Waals surface area contributed by atoms with Crippen LogP contribution in [0.1, 0.15) is 19.8 Å². The number of hydrogen-bond donors (Lipinski definition) is 2. The molecule has 0 amide bonds. The Bertz CT molecular complexity index is 329. The van der Waals surface area contributed by atoms with E-state index in [1.54, 1.807) is 0 Å². The predicted octanol–water partition coefficient (Wildman–Crippen LogP) is -0.154. The van der Waals surface area contributed by atoms with E-state index >= 15 is 0 Å². The largest absolute Gasteiger partial charge is 0.381 e. The molecule has 0 aliphatic carbocycles. The van der Waals surface area contributed by atoms with Crippen LogP contribution in [-0.4, -0.2) is 56.8 Å². The maximum Gasteiger partial charge on any atom is 0.191 e. The quantitative estimate of drug-likeness (QED) is 0.718. The number of rotatable bonds is 2. The second kappa shape index (κ2) is 5.03. The topological polar surface area (TPSA) is 64.1 Å². The second-order valence-corrected chi connectivity index (χ2v) is 5.19. The molecule has 2 unspecified atom stereocenters. The van der Waals surface area contributed by atoms with Crippen molar-refractivity contribution in [2.75, 3.05) is 32.9 Å². The van der Waals surface area contributed by atoms with Crippen molar-refractivity contribution < 1.29 is 14.2 Å². The molecule has 102 valence electrons. The van der Waals surface area contributed by atoms with Crippen LogP contribution < -0.4 is 10.6 Å². The zero-order valence-corrected chi connectivity index (χ0v) is 10.8. The van der Waals surface area contributed by atoms with Crippen molar-refractivity contribution in [2.45, 2.75) is 37.7 Å². The normalized spacial score (nSPS) is 34.4. The molecular formula is C12H21N3O3. The van der Waals surface area contributed by atoms with Crippen LogP contribution in [0.15, 0.2) is 4.99 Å². The van der Waals surface area contributed by atoms with Gasteiger partial charge in [0.1, 0.15) is 6.10 Å². The highest BCUT2D eigenvalue weighted by atomic mass is 16.7. The molecule has 0 aromatic heterocycles. The van der Waals surface area contributed by atoms with Gasteiger partial charge in [-0.25, -0.2) is 0 Å². The van der Waals surface area contributed by atoms with Gasteiger partial charge in [-0.3, -0.25) is 4.99 Å². The maximum absolute atomic E-state index is 6.03. The third-order valence-corrected chi connectivity index (χ3v) is 3.57. The van der Waals surface area contributed by atoms with Crippen molar-refractivity contribution in [3.8, 4) is 0 Å². The van der Waals surface area contributed by atoms with Crippen LogP contribution in [-0.2, 0) is 14.2 Å². The third-order valence-electron chi connectivity index (χ3n) is 3.57. The summed E-state index contributed by atoms with van der Waals surface area (Å²) in [5.41, 5.74) is 0. The van der Waals surface area contributed by atoms with E-state index < -0.39 is 0 Å². The summed E-state index contributed by atoms with van der Waals surface area (Å²) in [6.07, 6.45) is 1.77. The summed E-state index contributed by atoms with van der Waals surface area (Å²) < 4.78 is 17.2. The molecule has 1 spiro atoms. The molecule has 18 heavy (non-hydrogen) atoms. The molecular weight excluding hydrogens is 234 g/mol. The lowest BCUT2D eigenvalue weighted by Gasteiger charge is -2.31. The van der Waals surface area contributed by atoms with Crippen molar-refractivity contribution in [3.63, 3.8) is 0 Å². The predicted molar refractivity (Wildman–Crippen MR) is 66.5 cm³/mol. The van der Waals surface area contributed by atoms with Crippen LogP contribution in [0.4, 0.5) is 0 Å². The molecule has 3 rings (SSSR count). The smallest absolute Gasteiger partial charge is 0.191 e. The third kappa shape index (κ3) is 2.60. The summed E-state index contributed by atoms with van der Waals surface area (Å²) in [7, 11) is 0. The fourth-order valence-electron chi connectivity index (χ4n) is 2.53. The van der Waals surface area contributed by atoms with Gasteiger partial charge in [-0.05, 0) is 6.92 Å². The molecule has 0 radical (unpaired) electrons. The maximum atomic E-state index is 6.03. The van der Waals surface area contributed by atoms with E-state index in [1.807, 2.05) is 0 Å². The number of nitrogens with one attached hydrogen (secondary N) is 2. The summed E-state index contributed by atoms with van der Waals surface area (Å²) in [5, 5.41) is 6.55. The van der Waals surface area contributed by atoms with Gasteiger partial charge in [0.25, 0.3) is 0 Å². The van der Waals surface area contributed by atoms with E-state index in [-0.39, 0.29) is 11.9 Å². The number of aliphatic imine (C=N–C) groups is 1. The molecule has 2 N–H and O–H groups in total. The van der Waals surface area contributed by atoms with E-state index in [1.165, 1.54) is 0 Å². The fraction of sp³-hybridized carbons (Fsp3) is 0.917. The van der Waals surface area contributed by atoms with Gasteiger partial charge in [0.05, 0.1) is 26.4 Å². The van der Waals surface area contributed by atoms with E-state index in [0.29, 0.717) is 12.6 Å².